The third-order valence-electron chi connectivity index (χ3n) is 3.76. The second-order valence-electron chi connectivity index (χ2n) is 5.04. The molecule has 1 saturated carbocycles. The summed E-state index contributed by atoms with van der Waals surface area (Å²) < 4.78 is 6.16. The van der Waals surface area contributed by atoms with E-state index in [1.165, 1.54) is 12.8 Å². The fraction of sp³-hybridized carbons (Fsp3) is 0.500. The number of rotatable bonds is 1. The third kappa shape index (κ3) is 2.07. The van der Waals surface area contributed by atoms with Gasteiger partial charge in [-0.1, -0.05) is 43.2 Å². The molecule has 2 fully saturated rings. The molecule has 1 amide bonds. The van der Waals surface area contributed by atoms with Crippen LogP contribution in [-0.2, 0) is 9.53 Å². The normalized spacial score (nSPS) is 27.1. The van der Waals surface area contributed by atoms with Gasteiger partial charge in [0.25, 0.3) is 0 Å². The van der Waals surface area contributed by atoms with Crippen molar-refractivity contribution >= 4 is 5.91 Å². The molecule has 3 heteroatoms. The van der Waals surface area contributed by atoms with E-state index in [9.17, 15) is 4.79 Å². The molecule has 2 aliphatic rings. The van der Waals surface area contributed by atoms with Crippen molar-refractivity contribution in [2.45, 2.75) is 43.9 Å². The number of carbonyl (C=O) groups excluding carboxylic acids is 1. The maximum absolute atomic E-state index is 11.8. The molecule has 0 aromatic heterocycles. The van der Waals surface area contributed by atoms with Crippen molar-refractivity contribution in [1.29, 1.82) is 0 Å². The van der Waals surface area contributed by atoms with Gasteiger partial charge in [-0.05, 0) is 12.8 Å². The second-order valence-corrected chi connectivity index (χ2v) is 5.04. The van der Waals surface area contributed by atoms with E-state index in [0.717, 1.165) is 18.4 Å². The van der Waals surface area contributed by atoms with E-state index in [1.807, 2.05) is 30.3 Å². The summed E-state index contributed by atoms with van der Waals surface area (Å²) >= 11 is 0. The quantitative estimate of drug-likeness (QED) is 0.806. The second kappa shape index (κ2) is 4.15. The molecule has 90 valence electrons. The molecule has 1 saturated heterocycles. The van der Waals surface area contributed by atoms with Crippen molar-refractivity contribution in [1.82, 2.24) is 5.32 Å². The standard InChI is InChI=1S/C14H17NO2/c16-12-10-14(8-4-5-9-14)17-13(15-12)11-6-2-1-3-7-11/h1-3,6-7,13H,4-5,8-10H2,(H,15,16)/t13-/m1/s1. The third-order valence-corrected chi connectivity index (χ3v) is 3.76. The Labute approximate surface area is 101 Å². The van der Waals surface area contributed by atoms with Gasteiger partial charge in [0.2, 0.25) is 5.91 Å². The zero-order valence-electron chi connectivity index (χ0n) is 9.82. The van der Waals surface area contributed by atoms with Gasteiger partial charge >= 0.3 is 0 Å². The minimum Gasteiger partial charge on any atom is -0.347 e. The summed E-state index contributed by atoms with van der Waals surface area (Å²) in [5, 5.41) is 2.92. The molecular weight excluding hydrogens is 214 g/mol. The lowest BCUT2D eigenvalue weighted by atomic mass is 9.94. The van der Waals surface area contributed by atoms with E-state index in [4.69, 9.17) is 4.74 Å². The van der Waals surface area contributed by atoms with E-state index in [1.54, 1.807) is 0 Å². The van der Waals surface area contributed by atoms with E-state index in [2.05, 4.69) is 5.32 Å². The van der Waals surface area contributed by atoms with Crippen molar-refractivity contribution in [2.75, 3.05) is 0 Å². The van der Waals surface area contributed by atoms with E-state index >= 15 is 0 Å². The maximum Gasteiger partial charge on any atom is 0.225 e. The van der Waals surface area contributed by atoms with Crippen molar-refractivity contribution in [3.63, 3.8) is 0 Å². The topological polar surface area (TPSA) is 38.3 Å². The first-order chi connectivity index (χ1) is 8.27. The van der Waals surface area contributed by atoms with Crippen molar-refractivity contribution in [3.8, 4) is 0 Å². The van der Waals surface area contributed by atoms with Crippen LogP contribution >= 0.6 is 0 Å². The Morgan fingerprint density at radius 3 is 2.59 bits per heavy atom. The van der Waals surface area contributed by atoms with E-state index in [-0.39, 0.29) is 17.7 Å². The van der Waals surface area contributed by atoms with Crippen LogP contribution in [0.3, 0.4) is 0 Å². The molecule has 0 bridgehead atoms. The minimum atomic E-state index is -0.268. The van der Waals surface area contributed by atoms with E-state index in [0.29, 0.717) is 6.42 Å². The smallest absolute Gasteiger partial charge is 0.225 e. The SMILES string of the molecule is O=C1CC2(CCCC2)O[C@H](c2ccccc2)N1. The van der Waals surface area contributed by atoms with Gasteiger partial charge in [-0.15, -0.1) is 0 Å². The van der Waals surface area contributed by atoms with Crippen LogP contribution in [-0.4, -0.2) is 11.5 Å². The van der Waals surface area contributed by atoms with Gasteiger partial charge in [0.15, 0.2) is 6.23 Å². The average Bonchev–Trinajstić information content (AvgIpc) is 2.77. The Balaban J connectivity index is 1.84. The number of ether oxygens (including phenoxy) is 1. The Morgan fingerprint density at radius 2 is 1.88 bits per heavy atom. The number of hydrogen-bond acceptors (Lipinski definition) is 2. The van der Waals surface area contributed by atoms with Crippen molar-refractivity contribution in [3.05, 3.63) is 35.9 Å². The van der Waals surface area contributed by atoms with Crippen LogP contribution in [0.4, 0.5) is 0 Å². The first-order valence-corrected chi connectivity index (χ1v) is 6.30. The Morgan fingerprint density at radius 1 is 1.18 bits per heavy atom. The molecule has 1 aromatic carbocycles. The summed E-state index contributed by atoms with van der Waals surface area (Å²) in [7, 11) is 0. The van der Waals surface area contributed by atoms with Gasteiger partial charge in [-0.25, -0.2) is 0 Å². The molecule has 1 aromatic rings. The highest BCUT2D eigenvalue weighted by Crippen LogP contribution is 2.41. The Hall–Kier alpha value is -1.35. The average molecular weight is 231 g/mol. The van der Waals surface area contributed by atoms with E-state index < -0.39 is 0 Å². The number of nitrogens with one attached hydrogen (secondary N) is 1. The van der Waals surface area contributed by atoms with Gasteiger partial charge < -0.3 is 10.1 Å². The lowest BCUT2D eigenvalue weighted by Crippen LogP contribution is -2.47. The van der Waals surface area contributed by atoms with Gasteiger partial charge in [0.1, 0.15) is 0 Å². The van der Waals surface area contributed by atoms with Gasteiger partial charge in [-0.3, -0.25) is 4.79 Å². The van der Waals surface area contributed by atoms with Gasteiger partial charge in [0, 0.05) is 5.56 Å². The summed E-state index contributed by atoms with van der Waals surface area (Å²) in [4.78, 5) is 11.8. The first-order valence-electron chi connectivity index (χ1n) is 6.30. The number of carbonyl (C=O) groups is 1. The molecule has 17 heavy (non-hydrogen) atoms. The van der Waals surface area contributed by atoms with Crippen LogP contribution in [0.2, 0.25) is 0 Å². The minimum absolute atomic E-state index is 0.118. The molecule has 0 radical (unpaired) electrons. The predicted octanol–water partition coefficient (Wildman–Crippen LogP) is 2.53. The monoisotopic (exact) mass is 231 g/mol. The van der Waals surface area contributed by atoms with Crippen LogP contribution in [0, 0.1) is 0 Å². The predicted molar refractivity (Wildman–Crippen MR) is 64.2 cm³/mol. The molecule has 3 nitrogen and oxygen atoms in total. The fourth-order valence-corrected chi connectivity index (χ4v) is 2.90. The number of amides is 1. The molecule has 1 N–H and O–H groups in total. The van der Waals surface area contributed by atoms with Crippen LogP contribution < -0.4 is 5.32 Å². The molecule has 0 unspecified atom stereocenters. The first kappa shape index (κ1) is 10.8. The summed E-state index contributed by atoms with van der Waals surface area (Å²) in [6.07, 6.45) is 4.64. The lowest BCUT2D eigenvalue weighted by molar-refractivity contribution is -0.164. The summed E-state index contributed by atoms with van der Waals surface area (Å²) in [6, 6.07) is 9.92. The van der Waals surface area contributed by atoms with Crippen LogP contribution in [0.15, 0.2) is 30.3 Å². The summed E-state index contributed by atoms with van der Waals surface area (Å²) in [6.45, 7) is 0. The summed E-state index contributed by atoms with van der Waals surface area (Å²) in [5.74, 6) is 0.118. The fourth-order valence-electron chi connectivity index (χ4n) is 2.90. The maximum atomic E-state index is 11.8. The van der Waals surface area contributed by atoms with Crippen LogP contribution in [0.5, 0.6) is 0 Å². The van der Waals surface area contributed by atoms with Crippen molar-refractivity contribution in [2.24, 2.45) is 0 Å². The van der Waals surface area contributed by atoms with Crippen LogP contribution in [0.1, 0.15) is 43.9 Å². The lowest BCUT2D eigenvalue weighted by Gasteiger charge is -2.38. The van der Waals surface area contributed by atoms with Gasteiger partial charge in [0.05, 0.1) is 12.0 Å². The van der Waals surface area contributed by atoms with Crippen LogP contribution in [0.25, 0.3) is 0 Å². The molecular formula is C14H17NO2. The number of hydrogen-bond donors (Lipinski definition) is 1. The molecule has 1 aliphatic carbocycles. The van der Waals surface area contributed by atoms with Crippen molar-refractivity contribution < 1.29 is 9.53 Å². The molecule has 1 spiro atoms. The molecule has 1 heterocycles. The zero-order chi connectivity index (χ0) is 11.7. The summed E-state index contributed by atoms with van der Waals surface area (Å²) in [5.41, 5.74) is 0.842. The van der Waals surface area contributed by atoms with Gasteiger partial charge in [-0.2, -0.15) is 0 Å². The Bertz CT molecular complexity index is 409. The zero-order valence-corrected chi connectivity index (χ0v) is 9.82. The highest BCUT2D eigenvalue weighted by Gasteiger charge is 2.43. The highest BCUT2D eigenvalue weighted by molar-refractivity contribution is 5.78. The largest absolute Gasteiger partial charge is 0.347 e. The molecule has 1 aliphatic heterocycles. The molecule has 1 atom stereocenters. The Kier molecular flexibility index (Phi) is 2.63. The molecule has 3 rings (SSSR count). The number of benzene rings is 1. The highest BCUT2D eigenvalue weighted by atomic mass is 16.5.